The molecule has 0 bridgehead atoms. The highest BCUT2D eigenvalue weighted by Crippen LogP contribution is 2.38. The summed E-state index contributed by atoms with van der Waals surface area (Å²) in [6.07, 6.45) is 3.72. The van der Waals surface area contributed by atoms with E-state index in [4.69, 9.17) is 0 Å². The fourth-order valence-corrected chi connectivity index (χ4v) is 6.37. The Kier molecular flexibility index (Phi) is 7.44. The molecular weight excluding hydrogens is 550 g/mol. The number of nitriles is 1. The minimum Gasteiger partial charge on any atom is -0.493 e. The first-order valence-electron chi connectivity index (χ1n) is 13.1. The van der Waals surface area contributed by atoms with Gasteiger partial charge in [-0.2, -0.15) is 14.6 Å². The maximum atomic E-state index is 14.4. The summed E-state index contributed by atoms with van der Waals surface area (Å²) in [4.78, 5) is 19.7. The first kappa shape index (κ1) is 28.1. The number of halogens is 2. The van der Waals surface area contributed by atoms with Crippen molar-refractivity contribution in [3.8, 4) is 23.1 Å². The number of rotatable bonds is 8. The molecule has 1 atom stereocenters. The smallest absolute Gasteiger partial charge is 0.296 e. The zero-order valence-corrected chi connectivity index (χ0v) is 23.1. The van der Waals surface area contributed by atoms with E-state index in [2.05, 4.69) is 9.97 Å². The Bertz CT molecular complexity index is 1860. The van der Waals surface area contributed by atoms with Crippen LogP contribution in [0.1, 0.15) is 54.7 Å². The zero-order valence-electron chi connectivity index (χ0n) is 22.3. The average Bonchev–Trinajstić information content (AvgIpc) is 3.76. The third-order valence-corrected chi connectivity index (χ3v) is 9.11. The van der Waals surface area contributed by atoms with Crippen molar-refractivity contribution in [1.29, 1.82) is 5.26 Å². The van der Waals surface area contributed by atoms with Crippen LogP contribution in [0.25, 0.3) is 11.1 Å². The first-order chi connectivity index (χ1) is 19.5. The van der Waals surface area contributed by atoms with Crippen molar-refractivity contribution in [2.24, 2.45) is 5.92 Å². The molecule has 4 aromatic rings. The SMILES string of the molecule is CC[C@@H](c1cc(F)cc(C#N)c1)n1c(CC2CC2)nc(=O)c(S(=O)(=O)c2ccc(-c3ccnc(F)c3C)cc2)c1O. The van der Waals surface area contributed by atoms with E-state index in [0.717, 1.165) is 18.9 Å². The number of aromatic hydroxyl groups is 1. The molecule has 0 radical (unpaired) electrons. The van der Waals surface area contributed by atoms with Crippen LogP contribution in [-0.4, -0.2) is 28.1 Å². The normalized spacial score (nSPS) is 14.0. The summed E-state index contributed by atoms with van der Waals surface area (Å²) in [6.45, 7) is 3.32. The highest BCUT2D eigenvalue weighted by atomic mass is 32.2. The Morgan fingerprint density at radius 1 is 1.15 bits per heavy atom. The zero-order chi connectivity index (χ0) is 29.5. The molecule has 1 aliphatic rings. The lowest BCUT2D eigenvalue weighted by atomic mass is 10.0. The fraction of sp³-hybridized carbons (Fsp3) is 0.267. The topological polar surface area (TPSA) is 126 Å². The van der Waals surface area contributed by atoms with Crippen LogP contribution in [0.15, 0.2) is 69.3 Å². The molecule has 2 aromatic carbocycles. The van der Waals surface area contributed by atoms with Crippen LogP contribution in [0.5, 0.6) is 5.88 Å². The standard InChI is InChI=1S/C30H26F2N4O4S/c1-3-25(21-12-19(16-33)13-22(31)15-21)36-26(14-18-4-5-18)35-29(37)27(30(36)38)41(39,40)23-8-6-20(7-9-23)24-10-11-34-28(32)17(24)2/h6-13,15,18,25,38H,3-5,14H2,1-2H3/t25-/m0/s1. The summed E-state index contributed by atoms with van der Waals surface area (Å²) in [5.74, 6) is -1.69. The van der Waals surface area contributed by atoms with Gasteiger partial charge in [-0.1, -0.05) is 19.1 Å². The second kappa shape index (κ2) is 10.9. The number of nitrogens with zero attached hydrogens (tertiary/aromatic N) is 4. The van der Waals surface area contributed by atoms with Crippen molar-refractivity contribution in [2.45, 2.75) is 55.4 Å². The molecule has 1 N–H and O–H groups in total. The number of hydrogen-bond donors (Lipinski definition) is 1. The molecule has 0 unspecified atom stereocenters. The van der Waals surface area contributed by atoms with E-state index < -0.39 is 44.0 Å². The van der Waals surface area contributed by atoms with Crippen molar-refractivity contribution in [2.75, 3.05) is 0 Å². The fourth-order valence-electron chi connectivity index (χ4n) is 5.03. The van der Waals surface area contributed by atoms with Gasteiger partial charge < -0.3 is 5.11 Å². The van der Waals surface area contributed by atoms with E-state index in [1.807, 2.05) is 6.07 Å². The van der Waals surface area contributed by atoms with Crippen molar-refractivity contribution in [3.05, 3.63) is 99.4 Å². The number of sulfone groups is 1. The van der Waals surface area contributed by atoms with Gasteiger partial charge in [0.1, 0.15) is 11.6 Å². The number of pyridine rings is 1. The molecule has 11 heteroatoms. The van der Waals surface area contributed by atoms with Gasteiger partial charge in [0.25, 0.3) is 5.56 Å². The molecule has 2 aromatic heterocycles. The molecule has 0 aliphatic heterocycles. The van der Waals surface area contributed by atoms with Crippen LogP contribution >= 0.6 is 0 Å². The van der Waals surface area contributed by atoms with Crippen molar-refractivity contribution < 1.29 is 22.3 Å². The predicted molar refractivity (Wildman–Crippen MR) is 146 cm³/mol. The van der Waals surface area contributed by atoms with E-state index in [1.165, 1.54) is 47.2 Å². The first-order valence-corrected chi connectivity index (χ1v) is 14.5. The van der Waals surface area contributed by atoms with Gasteiger partial charge in [0.15, 0.2) is 4.90 Å². The predicted octanol–water partition coefficient (Wildman–Crippen LogP) is 5.25. The summed E-state index contributed by atoms with van der Waals surface area (Å²) < 4.78 is 57.2. The highest BCUT2D eigenvalue weighted by Gasteiger charge is 2.34. The van der Waals surface area contributed by atoms with Crippen LogP contribution in [0, 0.1) is 35.9 Å². The molecular formula is C30H26F2N4O4S. The number of aromatic nitrogens is 3. The molecule has 1 aliphatic carbocycles. The maximum absolute atomic E-state index is 14.4. The molecule has 0 amide bonds. The lowest BCUT2D eigenvalue weighted by molar-refractivity contribution is 0.357. The largest absolute Gasteiger partial charge is 0.493 e. The molecule has 1 fully saturated rings. The van der Waals surface area contributed by atoms with E-state index in [0.29, 0.717) is 28.7 Å². The van der Waals surface area contributed by atoms with E-state index in [-0.39, 0.29) is 28.6 Å². The molecule has 5 rings (SSSR count). The van der Waals surface area contributed by atoms with Crippen molar-refractivity contribution in [3.63, 3.8) is 0 Å². The third kappa shape index (κ3) is 5.35. The van der Waals surface area contributed by atoms with Crippen molar-refractivity contribution >= 4 is 9.84 Å². The van der Waals surface area contributed by atoms with Crippen LogP contribution in [0.3, 0.4) is 0 Å². The Balaban J connectivity index is 1.65. The lowest BCUT2D eigenvalue weighted by Crippen LogP contribution is -2.28. The molecule has 2 heterocycles. The number of benzene rings is 2. The molecule has 0 spiro atoms. The third-order valence-electron chi connectivity index (χ3n) is 7.32. The Morgan fingerprint density at radius 2 is 1.85 bits per heavy atom. The van der Waals surface area contributed by atoms with Gasteiger partial charge in [-0.15, -0.1) is 0 Å². The summed E-state index contributed by atoms with van der Waals surface area (Å²) in [5.41, 5.74) is 0.643. The molecule has 0 saturated heterocycles. The lowest BCUT2D eigenvalue weighted by Gasteiger charge is -2.25. The van der Waals surface area contributed by atoms with Gasteiger partial charge in [-0.3, -0.25) is 9.36 Å². The van der Waals surface area contributed by atoms with E-state index in [9.17, 15) is 32.4 Å². The molecule has 41 heavy (non-hydrogen) atoms. The summed E-state index contributed by atoms with van der Waals surface area (Å²) >= 11 is 0. The van der Waals surface area contributed by atoms with Gasteiger partial charge in [-0.05, 0) is 85.2 Å². The highest BCUT2D eigenvalue weighted by molar-refractivity contribution is 7.91. The Hall–Kier alpha value is -4.43. The maximum Gasteiger partial charge on any atom is 0.296 e. The van der Waals surface area contributed by atoms with Crippen LogP contribution in [-0.2, 0) is 16.3 Å². The van der Waals surface area contributed by atoms with Gasteiger partial charge in [0.05, 0.1) is 22.6 Å². The van der Waals surface area contributed by atoms with Gasteiger partial charge in [0, 0.05) is 18.2 Å². The molecule has 210 valence electrons. The Labute approximate surface area is 235 Å². The van der Waals surface area contributed by atoms with Gasteiger partial charge >= 0.3 is 0 Å². The van der Waals surface area contributed by atoms with E-state index >= 15 is 0 Å². The second-order valence-corrected chi connectivity index (χ2v) is 12.0. The Morgan fingerprint density at radius 3 is 2.49 bits per heavy atom. The second-order valence-electron chi connectivity index (χ2n) is 10.1. The summed E-state index contributed by atoms with van der Waals surface area (Å²) in [5, 5.41) is 20.8. The summed E-state index contributed by atoms with van der Waals surface area (Å²) in [6, 6.07) is 11.9. The number of hydrogen-bond acceptors (Lipinski definition) is 7. The average molecular weight is 577 g/mol. The van der Waals surface area contributed by atoms with Crippen molar-refractivity contribution in [1.82, 2.24) is 14.5 Å². The van der Waals surface area contributed by atoms with Crippen LogP contribution < -0.4 is 5.56 Å². The monoisotopic (exact) mass is 576 g/mol. The van der Waals surface area contributed by atoms with Crippen LogP contribution in [0.4, 0.5) is 8.78 Å². The van der Waals surface area contributed by atoms with Gasteiger partial charge in [0.2, 0.25) is 21.7 Å². The summed E-state index contributed by atoms with van der Waals surface area (Å²) in [7, 11) is -4.57. The minimum absolute atomic E-state index is 0.0629. The minimum atomic E-state index is -4.57. The quantitative estimate of drug-likeness (QED) is 0.284. The van der Waals surface area contributed by atoms with Crippen LogP contribution in [0.2, 0.25) is 0 Å². The van der Waals surface area contributed by atoms with E-state index in [1.54, 1.807) is 19.9 Å². The molecule has 1 saturated carbocycles. The van der Waals surface area contributed by atoms with Gasteiger partial charge in [-0.25, -0.2) is 17.8 Å². The molecule has 8 nitrogen and oxygen atoms in total.